The number of aliphatic hydroxyl groups excluding tert-OH is 2. The summed E-state index contributed by atoms with van der Waals surface area (Å²) in [5, 5.41) is 44.2. The van der Waals surface area contributed by atoms with E-state index in [-0.39, 0.29) is 29.2 Å². The number of aryl methyl sites for hydroxylation is 1. The summed E-state index contributed by atoms with van der Waals surface area (Å²) in [7, 11) is 3.22. The smallest absolute Gasteiger partial charge is 0.202 e. The van der Waals surface area contributed by atoms with Crippen LogP contribution in [-0.2, 0) is 14.4 Å². The van der Waals surface area contributed by atoms with Gasteiger partial charge in [0.1, 0.15) is 22.8 Å². The van der Waals surface area contributed by atoms with E-state index in [0.29, 0.717) is 11.1 Å². The van der Waals surface area contributed by atoms with Gasteiger partial charge in [0, 0.05) is 11.5 Å². The average Bonchev–Trinajstić information content (AvgIpc) is 2.70. The number of carbonyl (C=O) groups excluding carboxylic acids is 3. The Morgan fingerprint density at radius 1 is 1.16 bits per heavy atom. The quantitative estimate of drug-likeness (QED) is 0.512. The number of hydrogen-bond donors (Lipinski definition) is 4. The highest BCUT2D eigenvalue weighted by Crippen LogP contribution is 2.56. The Bertz CT molecular complexity index is 1150. The van der Waals surface area contributed by atoms with E-state index in [1.165, 1.54) is 4.90 Å². The number of aromatic hydroxyl groups is 1. The van der Waals surface area contributed by atoms with Gasteiger partial charge in [-0.2, -0.15) is 0 Å². The normalized spacial score (nSPS) is 32.1. The molecule has 5 atom stereocenters. The number of benzene rings is 1. The van der Waals surface area contributed by atoms with Gasteiger partial charge in [-0.05, 0) is 57.3 Å². The molecule has 0 saturated heterocycles. The monoisotopic (exact) mass is 441 g/mol. The number of carbonyl (C=O) groups is 3. The molecular weight excluding hydrogens is 414 g/mol. The number of fused-ring (bicyclic) bond motifs is 3. The lowest BCUT2D eigenvalue weighted by molar-refractivity contribution is -0.154. The Morgan fingerprint density at radius 2 is 1.78 bits per heavy atom. The van der Waals surface area contributed by atoms with Gasteiger partial charge in [0.25, 0.3) is 0 Å². The first-order valence-corrected chi connectivity index (χ1v) is 10.5. The van der Waals surface area contributed by atoms with Crippen molar-refractivity contribution in [3.63, 3.8) is 0 Å². The Kier molecular flexibility index (Phi) is 4.87. The van der Waals surface area contributed by atoms with Gasteiger partial charge < -0.3 is 20.4 Å². The third kappa shape index (κ3) is 2.59. The van der Waals surface area contributed by atoms with Crippen molar-refractivity contribution in [2.45, 2.75) is 44.8 Å². The van der Waals surface area contributed by atoms with E-state index in [9.17, 15) is 34.8 Å². The molecule has 1 aromatic rings. The van der Waals surface area contributed by atoms with Gasteiger partial charge in [-0.25, -0.2) is 0 Å². The van der Waals surface area contributed by atoms with Crippen LogP contribution in [0.4, 0.5) is 0 Å². The van der Waals surface area contributed by atoms with Crippen LogP contribution in [0.3, 0.4) is 0 Å². The van der Waals surface area contributed by atoms with Crippen molar-refractivity contribution < 1.29 is 34.8 Å². The number of rotatable bonds is 2. The van der Waals surface area contributed by atoms with E-state index in [1.807, 2.05) is 6.92 Å². The molecule has 5 unspecified atom stereocenters. The van der Waals surface area contributed by atoms with E-state index in [2.05, 4.69) is 0 Å². The number of likely N-dealkylation sites (N-methyl/N-ethyl adjacent to an activating group) is 1. The molecule has 32 heavy (non-hydrogen) atoms. The Labute approximate surface area is 185 Å². The average molecular weight is 441 g/mol. The van der Waals surface area contributed by atoms with Crippen molar-refractivity contribution in [2.24, 2.45) is 11.8 Å². The molecule has 1 aromatic carbocycles. The number of phenols is 1. The number of phenolic OH excluding ortho intramolecular Hbond substituents is 1. The molecule has 0 radical (unpaired) electrons. The van der Waals surface area contributed by atoms with E-state index < -0.39 is 57.9 Å². The van der Waals surface area contributed by atoms with Gasteiger partial charge in [-0.15, -0.1) is 0 Å². The Morgan fingerprint density at radius 3 is 2.34 bits per heavy atom. The number of nitrogens with zero attached hydrogens (tertiary/aromatic N) is 1. The summed E-state index contributed by atoms with van der Waals surface area (Å²) in [5.41, 5.74) is -1.95. The molecule has 8 heteroatoms. The van der Waals surface area contributed by atoms with Gasteiger partial charge in [-0.1, -0.05) is 19.1 Å². The molecule has 170 valence electrons. The highest BCUT2D eigenvalue weighted by atomic mass is 16.3. The zero-order valence-corrected chi connectivity index (χ0v) is 18.6. The summed E-state index contributed by atoms with van der Waals surface area (Å²) >= 11 is 0. The van der Waals surface area contributed by atoms with Crippen molar-refractivity contribution in [3.8, 4) is 5.75 Å². The van der Waals surface area contributed by atoms with Crippen LogP contribution in [0.1, 0.15) is 42.9 Å². The van der Waals surface area contributed by atoms with E-state index in [1.54, 1.807) is 33.2 Å². The van der Waals surface area contributed by atoms with Crippen molar-refractivity contribution in [2.75, 3.05) is 14.1 Å². The molecule has 0 amide bonds. The third-order valence-electron chi connectivity index (χ3n) is 7.41. The van der Waals surface area contributed by atoms with E-state index >= 15 is 0 Å². The zero-order valence-electron chi connectivity index (χ0n) is 18.6. The molecule has 0 heterocycles. The standard InChI is InChI=1S/C24H27NO7/c1-9-6-7-12-10(2)13-8-14-18(25(4)5)21(29)15(11(3)26)22(30)24(14,32)23(31)17(13)20(28)16(12)19(9)27/h6-7,10,13-14,18,27-28,30,32H,8H2,1-5H3. The second-order valence-corrected chi connectivity index (χ2v) is 9.34. The lowest BCUT2D eigenvalue weighted by Crippen LogP contribution is -2.65. The maximum Gasteiger partial charge on any atom is 0.202 e. The fraction of sp³-hybridized carbons (Fsp3) is 0.458. The molecule has 8 nitrogen and oxygen atoms in total. The second-order valence-electron chi connectivity index (χ2n) is 9.34. The first-order valence-electron chi connectivity index (χ1n) is 10.5. The number of hydrogen-bond acceptors (Lipinski definition) is 8. The molecule has 0 aromatic heterocycles. The highest BCUT2D eigenvalue weighted by molar-refractivity contribution is 6.25. The molecule has 3 aliphatic carbocycles. The second kappa shape index (κ2) is 7.02. The maximum absolute atomic E-state index is 13.7. The van der Waals surface area contributed by atoms with Crippen molar-refractivity contribution in [1.29, 1.82) is 0 Å². The summed E-state index contributed by atoms with van der Waals surface area (Å²) in [6.07, 6.45) is 0.112. The Hall–Kier alpha value is -2.97. The maximum atomic E-state index is 13.7. The third-order valence-corrected chi connectivity index (χ3v) is 7.41. The van der Waals surface area contributed by atoms with Crippen LogP contribution in [0.25, 0.3) is 5.76 Å². The molecule has 0 spiro atoms. The molecule has 3 aliphatic rings. The topological polar surface area (TPSA) is 135 Å². The fourth-order valence-electron chi connectivity index (χ4n) is 5.75. The van der Waals surface area contributed by atoms with Gasteiger partial charge in [0.05, 0.1) is 11.6 Å². The van der Waals surface area contributed by atoms with Gasteiger partial charge in [-0.3, -0.25) is 19.3 Å². The fourth-order valence-corrected chi connectivity index (χ4v) is 5.75. The van der Waals surface area contributed by atoms with Gasteiger partial charge in [0.15, 0.2) is 17.2 Å². The molecule has 0 bridgehead atoms. The van der Waals surface area contributed by atoms with Crippen LogP contribution in [0.15, 0.2) is 29.0 Å². The minimum Gasteiger partial charge on any atom is -0.508 e. The summed E-state index contributed by atoms with van der Waals surface area (Å²) < 4.78 is 0. The minimum atomic E-state index is -2.54. The van der Waals surface area contributed by atoms with E-state index in [4.69, 9.17) is 0 Å². The van der Waals surface area contributed by atoms with Crippen LogP contribution in [-0.4, -0.2) is 68.4 Å². The first-order chi connectivity index (χ1) is 14.8. The summed E-state index contributed by atoms with van der Waals surface area (Å²) in [6.45, 7) is 4.61. The van der Waals surface area contributed by atoms with Gasteiger partial charge >= 0.3 is 0 Å². The van der Waals surface area contributed by atoms with Crippen LogP contribution in [0.5, 0.6) is 5.75 Å². The van der Waals surface area contributed by atoms with Gasteiger partial charge in [0.2, 0.25) is 5.78 Å². The molecule has 4 N–H and O–H groups in total. The molecule has 1 saturated carbocycles. The number of ketones is 3. The molecule has 4 rings (SSSR count). The molecule has 0 aliphatic heterocycles. The molecular formula is C24H27NO7. The Balaban J connectivity index is 2.02. The van der Waals surface area contributed by atoms with Crippen LogP contribution >= 0.6 is 0 Å². The molecule has 1 fully saturated rings. The lowest BCUT2D eigenvalue weighted by atomic mass is 9.55. The van der Waals surface area contributed by atoms with Crippen molar-refractivity contribution in [3.05, 3.63) is 45.7 Å². The largest absolute Gasteiger partial charge is 0.508 e. The predicted octanol–water partition coefficient (Wildman–Crippen LogP) is 1.94. The number of aliphatic hydroxyl groups is 3. The van der Waals surface area contributed by atoms with E-state index in [0.717, 1.165) is 6.92 Å². The van der Waals surface area contributed by atoms with Crippen LogP contribution in [0, 0.1) is 18.8 Å². The first kappa shape index (κ1) is 22.2. The zero-order chi connectivity index (χ0) is 23.9. The summed E-state index contributed by atoms with van der Waals surface area (Å²) in [4.78, 5) is 40.6. The van der Waals surface area contributed by atoms with Crippen molar-refractivity contribution in [1.82, 2.24) is 4.90 Å². The number of Topliss-reactive ketones (excluding diaryl/α,β-unsaturated/α-hetero) is 3. The van der Waals surface area contributed by atoms with Crippen LogP contribution in [0.2, 0.25) is 0 Å². The summed E-state index contributed by atoms with van der Waals surface area (Å²) in [5.74, 6) is -5.81. The van der Waals surface area contributed by atoms with Crippen LogP contribution < -0.4 is 0 Å². The SMILES string of the molecule is CC(=O)C1=C(O)C2(O)C(=O)C3=C(O)c4c(ccc(C)c4O)C(C)C3CC2C(N(C)C)C1=O. The minimum absolute atomic E-state index is 0.106. The highest BCUT2D eigenvalue weighted by Gasteiger charge is 2.64. The summed E-state index contributed by atoms with van der Waals surface area (Å²) in [6, 6.07) is 2.50. The predicted molar refractivity (Wildman–Crippen MR) is 115 cm³/mol. The lowest BCUT2D eigenvalue weighted by Gasteiger charge is -2.51. The van der Waals surface area contributed by atoms with Crippen molar-refractivity contribution >= 4 is 23.1 Å².